The van der Waals surface area contributed by atoms with Crippen molar-refractivity contribution in [1.29, 1.82) is 0 Å². The molecule has 76 valence electrons. The molecule has 2 nitrogen and oxygen atoms in total. The molecule has 0 N–H and O–H groups in total. The summed E-state index contributed by atoms with van der Waals surface area (Å²) in [7, 11) is 0. The summed E-state index contributed by atoms with van der Waals surface area (Å²) in [6.07, 6.45) is 4.14. The van der Waals surface area contributed by atoms with Gasteiger partial charge in [-0.15, -0.1) is 0 Å². The number of nitrogens with zero attached hydrogens (tertiary/aromatic N) is 1. The molecule has 0 aromatic heterocycles. The molecule has 0 aromatic carbocycles. The Kier molecular flexibility index (Phi) is 3.76. The maximum atomic E-state index is 11.7. The largest absolute Gasteiger partial charge is 0.340 e. The molecular formula is C11H21NO. The maximum Gasteiger partial charge on any atom is 0.222 e. The quantitative estimate of drug-likeness (QED) is 0.644. The molecule has 0 bridgehead atoms. The zero-order chi connectivity index (χ0) is 9.84. The van der Waals surface area contributed by atoms with Gasteiger partial charge in [-0.2, -0.15) is 0 Å². The summed E-state index contributed by atoms with van der Waals surface area (Å²) < 4.78 is 0. The standard InChI is InChI=1S/C11H21NO/c1-4-6-11(13)12-8-5-7-9(2)10(12)3/h9-10H,4-8H2,1-3H3. The van der Waals surface area contributed by atoms with Gasteiger partial charge in [-0.05, 0) is 32.1 Å². The molecule has 1 saturated heterocycles. The summed E-state index contributed by atoms with van der Waals surface area (Å²) in [4.78, 5) is 13.7. The van der Waals surface area contributed by atoms with Crippen LogP contribution in [0.2, 0.25) is 0 Å². The van der Waals surface area contributed by atoms with E-state index in [-0.39, 0.29) is 0 Å². The number of likely N-dealkylation sites (tertiary alicyclic amines) is 1. The van der Waals surface area contributed by atoms with E-state index in [1.807, 2.05) is 0 Å². The van der Waals surface area contributed by atoms with Gasteiger partial charge in [-0.3, -0.25) is 4.79 Å². The third-order valence-corrected chi connectivity index (χ3v) is 3.16. The number of carbonyl (C=O) groups excluding carboxylic acids is 1. The van der Waals surface area contributed by atoms with Gasteiger partial charge in [0.1, 0.15) is 0 Å². The number of piperidine rings is 1. The Labute approximate surface area is 81.3 Å². The Morgan fingerprint density at radius 3 is 2.77 bits per heavy atom. The highest BCUT2D eigenvalue weighted by molar-refractivity contribution is 5.76. The van der Waals surface area contributed by atoms with Crippen LogP contribution in [0.25, 0.3) is 0 Å². The summed E-state index contributed by atoms with van der Waals surface area (Å²) in [5.74, 6) is 1.02. The van der Waals surface area contributed by atoms with Gasteiger partial charge in [0.25, 0.3) is 0 Å². The lowest BCUT2D eigenvalue weighted by molar-refractivity contribution is -0.135. The molecule has 1 rings (SSSR count). The van der Waals surface area contributed by atoms with Crippen molar-refractivity contribution in [3.05, 3.63) is 0 Å². The monoisotopic (exact) mass is 183 g/mol. The lowest BCUT2D eigenvalue weighted by atomic mass is 9.92. The fourth-order valence-electron chi connectivity index (χ4n) is 2.04. The average Bonchev–Trinajstić information content (AvgIpc) is 2.10. The van der Waals surface area contributed by atoms with Crippen molar-refractivity contribution in [1.82, 2.24) is 4.90 Å². The van der Waals surface area contributed by atoms with E-state index in [2.05, 4.69) is 25.7 Å². The van der Waals surface area contributed by atoms with Crippen LogP contribution in [0.1, 0.15) is 46.5 Å². The minimum atomic E-state index is 0.349. The van der Waals surface area contributed by atoms with Crippen molar-refractivity contribution >= 4 is 5.91 Å². The third kappa shape index (κ3) is 2.45. The van der Waals surface area contributed by atoms with Crippen LogP contribution in [0.3, 0.4) is 0 Å². The lowest BCUT2D eigenvalue weighted by Crippen LogP contribution is -2.45. The molecule has 0 radical (unpaired) electrons. The molecule has 1 fully saturated rings. The smallest absolute Gasteiger partial charge is 0.222 e. The molecule has 1 aliphatic rings. The number of amides is 1. The zero-order valence-corrected chi connectivity index (χ0v) is 9.05. The van der Waals surface area contributed by atoms with E-state index in [1.54, 1.807) is 0 Å². The number of carbonyl (C=O) groups is 1. The fraction of sp³-hybridized carbons (Fsp3) is 0.909. The van der Waals surface area contributed by atoms with Crippen molar-refractivity contribution in [2.75, 3.05) is 6.54 Å². The second-order valence-electron chi connectivity index (χ2n) is 4.20. The van der Waals surface area contributed by atoms with Gasteiger partial charge in [0.2, 0.25) is 5.91 Å². The summed E-state index contributed by atoms with van der Waals surface area (Å²) in [5, 5.41) is 0. The highest BCUT2D eigenvalue weighted by Crippen LogP contribution is 2.23. The van der Waals surface area contributed by atoms with Crippen molar-refractivity contribution in [3.8, 4) is 0 Å². The predicted molar refractivity (Wildman–Crippen MR) is 54.5 cm³/mol. The van der Waals surface area contributed by atoms with Crippen molar-refractivity contribution in [2.24, 2.45) is 5.92 Å². The first-order valence-electron chi connectivity index (χ1n) is 5.46. The Morgan fingerprint density at radius 2 is 2.15 bits per heavy atom. The molecule has 1 heterocycles. The summed E-state index contributed by atoms with van der Waals surface area (Å²) in [6.45, 7) is 7.47. The fourth-order valence-corrected chi connectivity index (χ4v) is 2.04. The Morgan fingerprint density at radius 1 is 1.46 bits per heavy atom. The van der Waals surface area contributed by atoms with E-state index in [1.165, 1.54) is 12.8 Å². The SMILES string of the molecule is CCCC(=O)N1CCCC(C)C1C. The van der Waals surface area contributed by atoms with E-state index in [4.69, 9.17) is 0 Å². The third-order valence-electron chi connectivity index (χ3n) is 3.16. The Bertz CT molecular complexity index is 179. The van der Waals surface area contributed by atoms with E-state index in [0.717, 1.165) is 19.4 Å². The van der Waals surface area contributed by atoms with E-state index < -0.39 is 0 Å². The first-order chi connectivity index (χ1) is 6.16. The van der Waals surface area contributed by atoms with Crippen molar-refractivity contribution in [3.63, 3.8) is 0 Å². The first-order valence-corrected chi connectivity index (χ1v) is 5.46. The van der Waals surface area contributed by atoms with Gasteiger partial charge in [0.15, 0.2) is 0 Å². The highest BCUT2D eigenvalue weighted by Gasteiger charge is 2.27. The predicted octanol–water partition coefficient (Wildman–Crippen LogP) is 2.43. The summed E-state index contributed by atoms with van der Waals surface area (Å²) >= 11 is 0. The molecule has 0 saturated carbocycles. The van der Waals surface area contributed by atoms with Gasteiger partial charge in [0, 0.05) is 19.0 Å². The van der Waals surface area contributed by atoms with Crippen LogP contribution in [0.5, 0.6) is 0 Å². The summed E-state index contributed by atoms with van der Waals surface area (Å²) in [5.41, 5.74) is 0. The highest BCUT2D eigenvalue weighted by atomic mass is 16.2. The van der Waals surface area contributed by atoms with Crippen LogP contribution >= 0.6 is 0 Å². The first kappa shape index (κ1) is 10.6. The number of hydrogen-bond acceptors (Lipinski definition) is 1. The lowest BCUT2D eigenvalue weighted by Gasteiger charge is -2.38. The van der Waals surface area contributed by atoms with E-state index in [9.17, 15) is 4.79 Å². The second-order valence-corrected chi connectivity index (χ2v) is 4.20. The second kappa shape index (κ2) is 4.64. The van der Waals surface area contributed by atoms with Crippen LogP contribution in [0.4, 0.5) is 0 Å². The topological polar surface area (TPSA) is 20.3 Å². The average molecular weight is 183 g/mol. The molecule has 2 atom stereocenters. The van der Waals surface area contributed by atoms with Gasteiger partial charge in [0.05, 0.1) is 0 Å². The van der Waals surface area contributed by atoms with Crippen LogP contribution in [-0.2, 0) is 4.79 Å². The minimum absolute atomic E-state index is 0.349. The van der Waals surface area contributed by atoms with Gasteiger partial charge < -0.3 is 4.90 Å². The molecule has 0 spiro atoms. The molecule has 0 aliphatic carbocycles. The van der Waals surface area contributed by atoms with E-state index in [0.29, 0.717) is 17.9 Å². The minimum Gasteiger partial charge on any atom is -0.340 e. The summed E-state index contributed by atoms with van der Waals surface area (Å²) in [6, 6.07) is 0.452. The molecule has 2 heteroatoms. The van der Waals surface area contributed by atoms with Crippen LogP contribution < -0.4 is 0 Å². The van der Waals surface area contributed by atoms with Gasteiger partial charge >= 0.3 is 0 Å². The zero-order valence-electron chi connectivity index (χ0n) is 9.05. The van der Waals surface area contributed by atoms with Crippen molar-refractivity contribution < 1.29 is 4.79 Å². The van der Waals surface area contributed by atoms with Crippen LogP contribution in [-0.4, -0.2) is 23.4 Å². The molecule has 1 amide bonds. The van der Waals surface area contributed by atoms with Gasteiger partial charge in [-0.1, -0.05) is 13.8 Å². The normalized spacial score (nSPS) is 29.0. The number of hydrogen-bond donors (Lipinski definition) is 0. The molecular weight excluding hydrogens is 162 g/mol. The molecule has 1 aliphatic heterocycles. The van der Waals surface area contributed by atoms with Crippen LogP contribution in [0.15, 0.2) is 0 Å². The Balaban J connectivity index is 2.52. The molecule has 2 unspecified atom stereocenters. The Hall–Kier alpha value is -0.530. The van der Waals surface area contributed by atoms with Gasteiger partial charge in [-0.25, -0.2) is 0 Å². The van der Waals surface area contributed by atoms with Crippen molar-refractivity contribution in [2.45, 2.75) is 52.5 Å². The number of rotatable bonds is 2. The maximum absolute atomic E-state index is 11.7. The van der Waals surface area contributed by atoms with E-state index >= 15 is 0 Å². The molecule has 13 heavy (non-hydrogen) atoms. The molecule has 0 aromatic rings. The van der Waals surface area contributed by atoms with Crippen LogP contribution in [0, 0.1) is 5.92 Å².